The first-order valence-electron chi connectivity index (χ1n) is 6.34. The largest absolute Gasteiger partial charge is 0.330 e. The van der Waals surface area contributed by atoms with E-state index in [0.717, 1.165) is 24.8 Å². The lowest BCUT2D eigenvalue weighted by Gasteiger charge is -2.07. The number of rotatable bonds is 7. The van der Waals surface area contributed by atoms with E-state index in [0.29, 0.717) is 19.0 Å². The Morgan fingerprint density at radius 1 is 1.17 bits per heavy atom. The first-order chi connectivity index (χ1) is 8.59. The van der Waals surface area contributed by atoms with Crippen molar-refractivity contribution in [2.45, 2.75) is 25.8 Å². The van der Waals surface area contributed by atoms with Crippen LogP contribution >= 0.6 is 0 Å². The van der Waals surface area contributed by atoms with Crippen LogP contribution in [0.4, 0.5) is 0 Å². The number of nitrogens with one attached hydrogen (secondary N) is 1. The first-order valence-corrected chi connectivity index (χ1v) is 7.99. The van der Waals surface area contributed by atoms with Crippen LogP contribution in [0.1, 0.15) is 24.0 Å². The molecule has 0 aliphatic heterocycles. The summed E-state index contributed by atoms with van der Waals surface area (Å²) in [6, 6.07) is 7.89. The van der Waals surface area contributed by atoms with E-state index in [-0.39, 0.29) is 5.75 Å². The van der Waals surface area contributed by atoms with Gasteiger partial charge in [-0.2, -0.15) is 0 Å². The van der Waals surface area contributed by atoms with Gasteiger partial charge >= 0.3 is 0 Å². The van der Waals surface area contributed by atoms with Gasteiger partial charge < -0.3 is 5.73 Å². The van der Waals surface area contributed by atoms with Crippen molar-refractivity contribution < 1.29 is 8.42 Å². The van der Waals surface area contributed by atoms with Gasteiger partial charge in [-0.1, -0.05) is 24.3 Å². The molecule has 0 heterocycles. The fraction of sp³-hybridized carbons (Fsp3) is 0.538. The van der Waals surface area contributed by atoms with E-state index in [1.165, 1.54) is 5.56 Å². The van der Waals surface area contributed by atoms with Crippen LogP contribution in [0, 0.1) is 5.92 Å². The maximum Gasteiger partial charge on any atom is 0.212 e. The fourth-order valence-electron chi connectivity index (χ4n) is 1.84. The number of benzene rings is 1. The Hall–Kier alpha value is -0.910. The molecule has 1 fully saturated rings. The molecule has 4 nitrogen and oxygen atoms in total. The molecule has 0 saturated heterocycles. The molecule has 0 amide bonds. The van der Waals surface area contributed by atoms with E-state index < -0.39 is 10.0 Å². The van der Waals surface area contributed by atoms with Crippen LogP contribution < -0.4 is 10.5 Å². The highest BCUT2D eigenvalue weighted by atomic mass is 32.2. The highest BCUT2D eigenvalue weighted by Crippen LogP contribution is 2.29. The van der Waals surface area contributed by atoms with Crippen LogP contribution in [0.2, 0.25) is 0 Å². The third-order valence-corrected chi connectivity index (χ3v) is 4.60. The monoisotopic (exact) mass is 268 g/mol. The molecular weight excluding hydrogens is 248 g/mol. The zero-order valence-corrected chi connectivity index (χ0v) is 11.2. The van der Waals surface area contributed by atoms with Crippen LogP contribution in [-0.2, 0) is 23.0 Å². The normalized spacial score (nSPS) is 15.8. The van der Waals surface area contributed by atoms with Crippen LogP contribution in [0.25, 0.3) is 0 Å². The Labute approximate surface area is 109 Å². The summed E-state index contributed by atoms with van der Waals surface area (Å²) < 4.78 is 26.0. The SMILES string of the molecule is NCCc1ccc(CNS(=O)(=O)CC2CC2)cc1. The molecule has 0 spiro atoms. The Morgan fingerprint density at radius 3 is 2.33 bits per heavy atom. The zero-order chi connectivity index (χ0) is 13.0. The second-order valence-corrected chi connectivity index (χ2v) is 6.75. The van der Waals surface area contributed by atoms with Crippen molar-refractivity contribution in [3.05, 3.63) is 35.4 Å². The molecule has 1 saturated carbocycles. The van der Waals surface area contributed by atoms with Crippen molar-refractivity contribution in [1.82, 2.24) is 4.72 Å². The molecule has 5 heteroatoms. The topological polar surface area (TPSA) is 72.2 Å². The fourth-order valence-corrected chi connectivity index (χ4v) is 3.30. The van der Waals surface area contributed by atoms with Gasteiger partial charge in [-0.25, -0.2) is 13.1 Å². The van der Waals surface area contributed by atoms with E-state index in [1.807, 2.05) is 24.3 Å². The Balaban J connectivity index is 1.85. The molecule has 2 rings (SSSR count). The average Bonchev–Trinajstić information content (AvgIpc) is 3.12. The predicted octanol–water partition coefficient (Wildman–Crippen LogP) is 1.02. The molecule has 1 aliphatic carbocycles. The Morgan fingerprint density at radius 2 is 1.78 bits per heavy atom. The van der Waals surface area contributed by atoms with Crippen molar-refractivity contribution in [3.8, 4) is 0 Å². The quantitative estimate of drug-likeness (QED) is 0.775. The summed E-state index contributed by atoms with van der Waals surface area (Å²) in [7, 11) is -3.11. The summed E-state index contributed by atoms with van der Waals surface area (Å²) in [5, 5.41) is 0. The molecule has 0 unspecified atom stereocenters. The van der Waals surface area contributed by atoms with Crippen molar-refractivity contribution >= 4 is 10.0 Å². The lowest BCUT2D eigenvalue weighted by atomic mass is 10.1. The van der Waals surface area contributed by atoms with Gasteiger partial charge in [-0.3, -0.25) is 0 Å². The van der Waals surface area contributed by atoms with Crippen LogP contribution in [-0.4, -0.2) is 20.7 Å². The van der Waals surface area contributed by atoms with E-state index in [1.54, 1.807) is 0 Å². The molecule has 18 heavy (non-hydrogen) atoms. The van der Waals surface area contributed by atoms with Crippen LogP contribution in [0.5, 0.6) is 0 Å². The van der Waals surface area contributed by atoms with Crippen molar-refractivity contribution in [2.75, 3.05) is 12.3 Å². The Bertz CT molecular complexity index is 478. The number of hydrogen-bond donors (Lipinski definition) is 2. The molecule has 0 radical (unpaired) electrons. The molecule has 1 aromatic rings. The lowest BCUT2D eigenvalue weighted by Crippen LogP contribution is -2.26. The third-order valence-electron chi connectivity index (χ3n) is 3.10. The third kappa shape index (κ3) is 4.40. The molecule has 3 N–H and O–H groups in total. The second-order valence-electron chi connectivity index (χ2n) is 4.90. The maximum absolute atomic E-state index is 11.7. The summed E-state index contributed by atoms with van der Waals surface area (Å²) in [5.74, 6) is 0.660. The zero-order valence-electron chi connectivity index (χ0n) is 10.4. The lowest BCUT2D eigenvalue weighted by molar-refractivity contribution is 0.577. The van der Waals surface area contributed by atoms with Gasteiger partial charge in [0.05, 0.1) is 5.75 Å². The van der Waals surface area contributed by atoms with Gasteiger partial charge in [0.25, 0.3) is 0 Å². The van der Waals surface area contributed by atoms with E-state index >= 15 is 0 Å². The standard InChI is InChI=1S/C13H20N2O2S/c14-8-7-11-1-3-12(4-2-11)9-15-18(16,17)10-13-5-6-13/h1-4,13,15H,5-10,14H2. The summed E-state index contributed by atoms with van der Waals surface area (Å²) in [4.78, 5) is 0. The Kier molecular flexibility index (Phi) is 4.37. The molecule has 0 bridgehead atoms. The molecule has 1 aromatic carbocycles. The maximum atomic E-state index is 11.7. The molecule has 100 valence electrons. The van der Waals surface area contributed by atoms with Gasteiger partial charge in [-0.05, 0) is 42.9 Å². The van der Waals surface area contributed by atoms with Crippen molar-refractivity contribution in [1.29, 1.82) is 0 Å². The number of hydrogen-bond acceptors (Lipinski definition) is 3. The minimum atomic E-state index is -3.11. The van der Waals surface area contributed by atoms with Gasteiger partial charge in [0, 0.05) is 6.54 Å². The highest BCUT2D eigenvalue weighted by Gasteiger charge is 2.27. The minimum Gasteiger partial charge on any atom is -0.330 e. The first kappa shape index (κ1) is 13.5. The number of nitrogens with two attached hydrogens (primary N) is 1. The molecule has 0 aromatic heterocycles. The minimum absolute atomic E-state index is 0.276. The van der Waals surface area contributed by atoms with E-state index in [4.69, 9.17) is 5.73 Å². The van der Waals surface area contributed by atoms with Crippen molar-refractivity contribution in [2.24, 2.45) is 11.7 Å². The van der Waals surface area contributed by atoms with Gasteiger partial charge in [0.1, 0.15) is 0 Å². The van der Waals surface area contributed by atoms with Crippen LogP contribution in [0.15, 0.2) is 24.3 Å². The van der Waals surface area contributed by atoms with Crippen LogP contribution in [0.3, 0.4) is 0 Å². The molecule has 0 atom stereocenters. The van der Waals surface area contributed by atoms with E-state index in [9.17, 15) is 8.42 Å². The van der Waals surface area contributed by atoms with Gasteiger partial charge in [0.15, 0.2) is 0 Å². The average molecular weight is 268 g/mol. The summed E-state index contributed by atoms with van der Waals surface area (Å²) in [6.07, 6.45) is 2.96. The highest BCUT2D eigenvalue weighted by molar-refractivity contribution is 7.89. The molecule has 1 aliphatic rings. The van der Waals surface area contributed by atoms with Crippen molar-refractivity contribution in [3.63, 3.8) is 0 Å². The summed E-state index contributed by atoms with van der Waals surface area (Å²) in [5.41, 5.74) is 7.64. The van der Waals surface area contributed by atoms with Gasteiger partial charge in [-0.15, -0.1) is 0 Å². The van der Waals surface area contributed by atoms with E-state index in [2.05, 4.69) is 4.72 Å². The van der Waals surface area contributed by atoms with Gasteiger partial charge in [0.2, 0.25) is 10.0 Å². The number of sulfonamides is 1. The molecular formula is C13H20N2O2S. The predicted molar refractivity (Wildman–Crippen MR) is 72.6 cm³/mol. The summed E-state index contributed by atoms with van der Waals surface area (Å²) in [6.45, 7) is 1.01. The second kappa shape index (κ2) is 5.82. The smallest absolute Gasteiger partial charge is 0.212 e. The summed E-state index contributed by atoms with van der Waals surface area (Å²) >= 11 is 0.